The number of hydroxylamine groups is 1. The Labute approximate surface area is 74.6 Å². The minimum absolute atomic E-state index is 0. The number of para-hydroxylation sites is 1. The lowest BCUT2D eigenvalue weighted by Crippen LogP contribution is -2.13. The molecule has 1 aromatic rings. The van der Waals surface area contributed by atoms with Gasteiger partial charge in [0, 0.05) is 22.7 Å². The third-order valence-corrected chi connectivity index (χ3v) is 1.42. The second-order valence-electron chi connectivity index (χ2n) is 2.09. The van der Waals surface area contributed by atoms with E-state index >= 15 is 0 Å². The number of nitrogens with one attached hydrogen (secondary N) is 1. The number of benzene rings is 1. The van der Waals surface area contributed by atoms with Crippen molar-refractivity contribution >= 4 is 17.0 Å². The first-order chi connectivity index (χ1) is 4.97. The van der Waals surface area contributed by atoms with Crippen LogP contribution in [0.15, 0.2) is 30.5 Å². The fraction of sp³-hybridized carbons (Fsp3) is 0. The first-order valence-electron chi connectivity index (χ1n) is 3.15. The predicted molar refractivity (Wildman–Crippen MR) is 47.5 cm³/mol. The maximum atomic E-state index is 5.09. The van der Waals surface area contributed by atoms with E-state index in [0.717, 1.165) is 11.3 Å². The molecule has 4 heteroatoms. The number of fused-ring (bicyclic) bond motifs is 1. The number of halogens is 1. The Morgan fingerprint density at radius 2 is 1.92 bits per heavy atom. The van der Waals surface area contributed by atoms with Crippen LogP contribution in [0.5, 0.6) is 5.75 Å². The summed E-state index contributed by atoms with van der Waals surface area (Å²) in [5.41, 5.74) is 3.77. The van der Waals surface area contributed by atoms with Gasteiger partial charge in [0.15, 0.2) is 5.75 Å². The van der Waals surface area contributed by atoms with Crippen molar-refractivity contribution in [2.24, 2.45) is 0 Å². The molecule has 0 saturated heterocycles. The molecule has 0 aliphatic carbocycles. The molecule has 0 bridgehead atoms. The largest absolute Gasteiger partial charge is 0.382 e. The molecule has 0 fully saturated rings. The third-order valence-electron chi connectivity index (χ3n) is 1.42. The van der Waals surface area contributed by atoms with Crippen molar-refractivity contribution in [1.29, 1.82) is 0 Å². The van der Waals surface area contributed by atoms with Crippen molar-refractivity contribution in [3.63, 3.8) is 0 Å². The van der Waals surface area contributed by atoms with Crippen LogP contribution in [0, 0.1) is 0 Å². The molecule has 1 N–H and O–H groups in total. The lowest BCUT2D eigenvalue weighted by Gasteiger charge is -2.11. The summed E-state index contributed by atoms with van der Waals surface area (Å²) in [7, 11) is 0. The second-order valence-corrected chi connectivity index (χ2v) is 2.09. The van der Waals surface area contributed by atoms with Crippen LogP contribution in [0.2, 0.25) is 0 Å². The fourth-order valence-corrected chi connectivity index (χ4v) is 0.932. The predicted octanol–water partition coefficient (Wildman–Crippen LogP) is 1.33. The van der Waals surface area contributed by atoms with E-state index in [4.69, 9.17) is 4.84 Å². The van der Waals surface area contributed by atoms with Gasteiger partial charge in [-0.05, 0) is 12.1 Å². The van der Waals surface area contributed by atoms with E-state index in [-0.39, 0.29) is 15.7 Å². The van der Waals surface area contributed by atoms with Gasteiger partial charge in [0.05, 0.1) is 0 Å². The zero-order valence-electron chi connectivity index (χ0n) is 6.28. The number of hydrogen-bond donors (Lipinski definition) is 1. The fourth-order valence-electron chi connectivity index (χ4n) is 0.932. The molecule has 0 unspecified atom stereocenters. The molecule has 0 amide bonds. The van der Waals surface area contributed by atoms with E-state index in [1.165, 1.54) is 0 Å². The van der Waals surface area contributed by atoms with Gasteiger partial charge in [0.1, 0.15) is 0 Å². The Hall–Kier alpha value is -1.29. The first kappa shape index (κ1) is 10.7. The molecule has 0 spiro atoms. The summed E-state index contributed by atoms with van der Waals surface area (Å²) in [5, 5.41) is 0. The Balaban J connectivity index is 0.000000605. The topological polar surface area (TPSA) is 21.3 Å². The van der Waals surface area contributed by atoms with E-state index < -0.39 is 0 Å². The van der Waals surface area contributed by atoms with Crippen LogP contribution in [0.25, 0.3) is 6.08 Å². The highest BCUT2D eigenvalue weighted by molar-refractivity contribution is 5.75. The van der Waals surface area contributed by atoms with Crippen LogP contribution in [-0.2, 0) is 0 Å². The normalized spacial score (nSPS) is 11.0. The molecule has 1 heterocycles. The highest BCUT2D eigenvalue weighted by atomic mass is 28.1. The second kappa shape index (κ2) is 4.56. The van der Waals surface area contributed by atoms with Crippen LogP contribution < -0.4 is 10.3 Å². The van der Waals surface area contributed by atoms with Gasteiger partial charge in [-0.1, -0.05) is 18.2 Å². The summed E-state index contributed by atoms with van der Waals surface area (Å²) in [5.74, 6) is 0.880. The summed E-state index contributed by atoms with van der Waals surface area (Å²) in [6.07, 6.45) is 3.74. The summed E-state index contributed by atoms with van der Waals surface area (Å²) in [4.78, 5) is 5.09. The zero-order chi connectivity index (χ0) is 6.81. The Kier molecular flexibility index (Phi) is 4.07. The van der Waals surface area contributed by atoms with Crippen LogP contribution in [0.3, 0.4) is 0 Å². The molecule has 0 saturated carbocycles. The molecule has 12 heavy (non-hydrogen) atoms. The highest BCUT2D eigenvalue weighted by Gasteiger charge is 2.01. The smallest absolute Gasteiger partial charge is 0.162 e. The minimum Gasteiger partial charge on any atom is -0.382 e. The van der Waals surface area contributed by atoms with Crippen molar-refractivity contribution in [2.75, 3.05) is 0 Å². The lowest BCUT2D eigenvalue weighted by atomic mass is 10.2. The van der Waals surface area contributed by atoms with Crippen LogP contribution >= 0.6 is 0 Å². The number of hydrogen-bond acceptors (Lipinski definition) is 2. The summed E-state index contributed by atoms with van der Waals surface area (Å²) in [6, 6.07) is 7.86. The lowest BCUT2D eigenvalue weighted by molar-refractivity contribution is 0.239. The molecule has 2 nitrogen and oxygen atoms in total. The summed E-state index contributed by atoms with van der Waals surface area (Å²) in [6.45, 7) is 0. The van der Waals surface area contributed by atoms with E-state index in [1.54, 1.807) is 6.20 Å². The monoisotopic (exact) mass is 181 g/mol. The van der Waals surface area contributed by atoms with Gasteiger partial charge in [0.25, 0.3) is 0 Å². The summed E-state index contributed by atoms with van der Waals surface area (Å²) < 4.78 is 0. The molecule has 2 rings (SSSR count). The molecular weight excluding hydrogens is 173 g/mol. The molecule has 1 aliphatic heterocycles. The highest BCUT2D eigenvalue weighted by Crippen LogP contribution is 2.20. The minimum atomic E-state index is 0. The molecule has 1 aliphatic rings. The Bertz CT molecular complexity index is 278. The SMILES string of the molecule is C1=Cc2ccccc2ON1.F.[Si]. The Morgan fingerprint density at radius 1 is 1.17 bits per heavy atom. The van der Waals surface area contributed by atoms with E-state index in [9.17, 15) is 0 Å². The van der Waals surface area contributed by atoms with Gasteiger partial charge < -0.3 is 4.84 Å². The van der Waals surface area contributed by atoms with E-state index in [1.807, 2.05) is 30.3 Å². The standard InChI is InChI=1S/C8H7NO.FH.Si/c1-2-4-8-7(3-1)5-6-9-10-8;;/h1-6,9H;1H;. The quantitative estimate of drug-likeness (QED) is 0.610. The van der Waals surface area contributed by atoms with Gasteiger partial charge in [-0.15, -0.1) is 0 Å². The number of rotatable bonds is 0. The molecule has 4 radical (unpaired) electrons. The van der Waals surface area contributed by atoms with E-state index in [0.29, 0.717) is 0 Å². The van der Waals surface area contributed by atoms with Gasteiger partial charge in [-0.3, -0.25) is 4.70 Å². The van der Waals surface area contributed by atoms with E-state index in [2.05, 4.69) is 5.48 Å². The molecule has 0 aromatic heterocycles. The van der Waals surface area contributed by atoms with Crippen LogP contribution in [0.4, 0.5) is 4.70 Å². The molecule has 1 aromatic carbocycles. The maximum absolute atomic E-state index is 5.09. The van der Waals surface area contributed by atoms with Crippen molar-refractivity contribution in [2.45, 2.75) is 0 Å². The summed E-state index contributed by atoms with van der Waals surface area (Å²) >= 11 is 0. The maximum Gasteiger partial charge on any atom is 0.162 e. The molecule has 62 valence electrons. The Morgan fingerprint density at radius 3 is 2.67 bits per heavy atom. The molecule has 0 atom stereocenters. The van der Waals surface area contributed by atoms with Gasteiger partial charge in [-0.2, -0.15) is 0 Å². The van der Waals surface area contributed by atoms with Crippen LogP contribution in [0.1, 0.15) is 5.56 Å². The van der Waals surface area contributed by atoms with Gasteiger partial charge in [0.2, 0.25) is 0 Å². The first-order valence-corrected chi connectivity index (χ1v) is 3.15. The van der Waals surface area contributed by atoms with Crippen LogP contribution in [-0.4, -0.2) is 11.0 Å². The van der Waals surface area contributed by atoms with Gasteiger partial charge >= 0.3 is 0 Å². The van der Waals surface area contributed by atoms with Crippen molar-refractivity contribution in [3.8, 4) is 5.75 Å². The van der Waals surface area contributed by atoms with Crippen molar-refractivity contribution in [1.82, 2.24) is 5.48 Å². The third kappa shape index (κ3) is 1.85. The van der Waals surface area contributed by atoms with Crippen molar-refractivity contribution < 1.29 is 9.54 Å². The van der Waals surface area contributed by atoms with Gasteiger partial charge in [-0.25, -0.2) is 5.48 Å². The average Bonchev–Trinajstić information content (AvgIpc) is 2.05. The van der Waals surface area contributed by atoms with Crippen molar-refractivity contribution in [3.05, 3.63) is 36.0 Å². The average molecular weight is 181 g/mol. The molecular formula is C8H8FNOSi. The zero-order valence-corrected chi connectivity index (χ0v) is 7.28.